The molecule has 1 aliphatic rings. The van der Waals surface area contributed by atoms with E-state index in [9.17, 15) is 0 Å². The summed E-state index contributed by atoms with van der Waals surface area (Å²) < 4.78 is 0. The first kappa shape index (κ1) is 25.7. The van der Waals surface area contributed by atoms with Gasteiger partial charge in [-0.1, -0.05) is 96.1 Å². The van der Waals surface area contributed by atoms with Crippen LogP contribution in [0.15, 0.2) is 96.2 Å². The van der Waals surface area contributed by atoms with Crippen LogP contribution in [0.5, 0.6) is 0 Å². The lowest BCUT2D eigenvalue weighted by Crippen LogP contribution is -2.61. The molecule has 0 saturated carbocycles. The Labute approximate surface area is 217 Å². The number of para-hydroxylation sites is 2. The highest BCUT2D eigenvalue weighted by Crippen LogP contribution is 2.39. The standard InChI is InChI=1S/C34H40N2/c1-33(2,3)28-20-27(21-29(22-28)34(4,5)6)32-25(23-35-30-16-9-7-10-17-30)14-13-15-26(32)24-36-31-18-11-8-12-19-31/h7-12,16-24,35H,13-15H2,1-6H3/p+1/b25-23+,36-24?. The first-order valence-corrected chi connectivity index (χ1v) is 13.2. The molecule has 0 atom stereocenters. The Morgan fingerprint density at radius 3 is 1.89 bits per heavy atom. The van der Waals surface area contributed by atoms with Crippen molar-refractivity contribution in [3.05, 3.63) is 113 Å². The summed E-state index contributed by atoms with van der Waals surface area (Å²) in [7, 11) is 0. The molecule has 36 heavy (non-hydrogen) atoms. The highest BCUT2D eigenvalue weighted by Gasteiger charge is 2.25. The van der Waals surface area contributed by atoms with Crippen LogP contribution in [-0.2, 0) is 10.8 Å². The SMILES string of the molecule is CC(C)(C)c1cc(C2=C(C=[NH+]c3ccccc3)CCC/C2=C\Nc2ccccc2)cc(C(C)(C)C)c1. The Bertz CT molecular complexity index is 1230. The van der Waals surface area contributed by atoms with E-state index in [0.717, 1.165) is 30.6 Å². The quantitative estimate of drug-likeness (QED) is 0.362. The summed E-state index contributed by atoms with van der Waals surface area (Å²) in [4.78, 5) is 3.57. The van der Waals surface area contributed by atoms with Gasteiger partial charge in [-0.2, -0.15) is 0 Å². The maximum absolute atomic E-state index is 3.57. The van der Waals surface area contributed by atoms with Crippen LogP contribution in [0, 0.1) is 0 Å². The van der Waals surface area contributed by atoms with Crippen molar-refractivity contribution in [2.75, 3.05) is 5.32 Å². The summed E-state index contributed by atoms with van der Waals surface area (Å²) in [6, 6.07) is 28.1. The molecule has 3 aromatic carbocycles. The molecule has 0 bridgehead atoms. The first-order chi connectivity index (χ1) is 17.1. The van der Waals surface area contributed by atoms with Gasteiger partial charge in [-0.25, -0.2) is 4.99 Å². The van der Waals surface area contributed by atoms with Crippen LogP contribution < -0.4 is 10.3 Å². The molecule has 3 aromatic rings. The average molecular weight is 478 g/mol. The predicted octanol–water partition coefficient (Wildman–Crippen LogP) is 7.70. The predicted molar refractivity (Wildman–Crippen MR) is 156 cm³/mol. The minimum Gasteiger partial charge on any atom is -0.361 e. The molecule has 4 rings (SSSR count). The molecule has 1 aliphatic carbocycles. The van der Waals surface area contributed by atoms with E-state index in [1.165, 1.54) is 33.4 Å². The lowest BCUT2D eigenvalue weighted by atomic mass is 9.76. The van der Waals surface area contributed by atoms with Gasteiger partial charge in [0, 0.05) is 29.6 Å². The Hall–Kier alpha value is -3.39. The van der Waals surface area contributed by atoms with Gasteiger partial charge in [0.25, 0.3) is 0 Å². The Morgan fingerprint density at radius 1 is 0.722 bits per heavy atom. The second-order valence-electron chi connectivity index (χ2n) is 11.9. The van der Waals surface area contributed by atoms with Gasteiger partial charge >= 0.3 is 0 Å². The fraction of sp³-hybridized carbons (Fsp3) is 0.324. The Morgan fingerprint density at radius 2 is 1.31 bits per heavy atom. The van der Waals surface area contributed by atoms with E-state index in [2.05, 4.69) is 143 Å². The van der Waals surface area contributed by atoms with E-state index in [1.54, 1.807) is 0 Å². The maximum atomic E-state index is 3.57. The van der Waals surface area contributed by atoms with Crippen LogP contribution >= 0.6 is 0 Å². The van der Waals surface area contributed by atoms with Crippen molar-refractivity contribution in [3.63, 3.8) is 0 Å². The molecule has 2 N–H and O–H groups in total. The van der Waals surface area contributed by atoms with E-state index in [1.807, 2.05) is 0 Å². The molecule has 0 spiro atoms. The number of nitrogens with one attached hydrogen (secondary N) is 2. The van der Waals surface area contributed by atoms with Gasteiger partial charge in [0.05, 0.1) is 0 Å². The largest absolute Gasteiger partial charge is 0.361 e. The number of hydrogen-bond donors (Lipinski definition) is 2. The molecule has 0 heterocycles. The topological polar surface area (TPSA) is 26.0 Å². The van der Waals surface area contributed by atoms with Crippen molar-refractivity contribution in [2.24, 2.45) is 0 Å². The zero-order valence-electron chi connectivity index (χ0n) is 22.8. The van der Waals surface area contributed by atoms with Crippen molar-refractivity contribution in [1.29, 1.82) is 0 Å². The van der Waals surface area contributed by atoms with Gasteiger partial charge < -0.3 is 5.32 Å². The summed E-state index contributed by atoms with van der Waals surface area (Å²) in [5.41, 5.74) is 10.5. The molecule has 0 saturated heterocycles. The molecule has 0 aromatic heterocycles. The molecule has 0 amide bonds. The monoisotopic (exact) mass is 477 g/mol. The fourth-order valence-corrected chi connectivity index (χ4v) is 4.63. The van der Waals surface area contributed by atoms with Crippen molar-refractivity contribution in [1.82, 2.24) is 0 Å². The van der Waals surface area contributed by atoms with Gasteiger partial charge in [-0.05, 0) is 70.1 Å². The maximum Gasteiger partial charge on any atom is 0.203 e. The van der Waals surface area contributed by atoms with Crippen LogP contribution in [0.25, 0.3) is 5.57 Å². The van der Waals surface area contributed by atoms with E-state index in [4.69, 9.17) is 0 Å². The molecule has 186 valence electrons. The van der Waals surface area contributed by atoms with E-state index in [0.29, 0.717) is 0 Å². The summed E-state index contributed by atoms with van der Waals surface area (Å²) in [5, 5.41) is 3.57. The molecular formula is C34H41N2+. The number of allylic oxidation sites excluding steroid dienone is 3. The third-order valence-electron chi connectivity index (χ3n) is 6.86. The Kier molecular flexibility index (Phi) is 7.64. The van der Waals surface area contributed by atoms with Gasteiger partial charge in [0.1, 0.15) is 0 Å². The van der Waals surface area contributed by atoms with Crippen molar-refractivity contribution < 1.29 is 4.99 Å². The van der Waals surface area contributed by atoms with Crippen molar-refractivity contribution in [3.8, 4) is 0 Å². The van der Waals surface area contributed by atoms with E-state index >= 15 is 0 Å². The minimum absolute atomic E-state index is 0.0730. The lowest BCUT2D eigenvalue weighted by Gasteiger charge is -2.28. The molecule has 0 unspecified atom stereocenters. The van der Waals surface area contributed by atoms with Crippen molar-refractivity contribution >= 4 is 23.2 Å². The Balaban J connectivity index is 1.89. The van der Waals surface area contributed by atoms with Crippen LogP contribution in [0.4, 0.5) is 11.4 Å². The van der Waals surface area contributed by atoms with Crippen LogP contribution in [-0.4, -0.2) is 6.21 Å². The van der Waals surface area contributed by atoms with E-state index < -0.39 is 0 Å². The average Bonchev–Trinajstić information content (AvgIpc) is 2.86. The number of rotatable bonds is 5. The highest BCUT2D eigenvalue weighted by molar-refractivity contribution is 5.96. The zero-order chi connectivity index (χ0) is 25.8. The van der Waals surface area contributed by atoms with Crippen LogP contribution in [0.1, 0.15) is 77.5 Å². The van der Waals surface area contributed by atoms with Gasteiger partial charge in [0.15, 0.2) is 6.21 Å². The number of benzene rings is 3. The molecule has 0 radical (unpaired) electrons. The van der Waals surface area contributed by atoms with Crippen molar-refractivity contribution in [2.45, 2.75) is 71.6 Å². The molecule has 2 heteroatoms. The van der Waals surface area contributed by atoms with Gasteiger partial charge in [-0.15, -0.1) is 0 Å². The second-order valence-corrected chi connectivity index (χ2v) is 11.9. The van der Waals surface area contributed by atoms with Crippen LogP contribution in [0.2, 0.25) is 0 Å². The zero-order valence-corrected chi connectivity index (χ0v) is 22.8. The number of anilines is 1. The van der Waals surface area contributed by atoms with Gasteiger partial charge in [-0.3, -0.25) is 0 Å². The molecule has 2 nitrogen and oxygen atoms in total. The fourth-order valence-electron chi connectivity index (χ4n) is 4.63. The third-order valence-corrected chi connectivity index (χ3v) is 6.86. The minimum atomic E-state index is 0.0730. The van der Waals surface area contributed by atoms with E-state index in [-0.39, 0.29) is 10.8 Å². The normalized spacial score (nSPS) is 16.1. The van der Waals surface area contributed by atoms with Gasteiger partial charge in [0.2, 0.25) is 5.69 Å². The molecule has 0 fully saturated rings. The lowest BCUT2D eigenvalue weighted by molar-refractivity contribution is -0.347. The third kappa shape index (κ3) is 6.43. The molecule has 0 aliphatic heterocycles. The summed E-state index contributed by atoms with van der Waals surface area (Å²) in [6.07, 6.45) is 7.70. The molecular weight excluding hydrogens is 436 g/mol. The highest BCUT2D eigenvalue weighted by atomic mass is 14.8. The summed E-state index contributed by atoms with van der Waals surface area (Å²) in [5.74, 6) is 0. The second kappa shape index (κ2) is 10.7. The first-order valence-electron chi connectivity index (χ1n) is 13.2. The summed E-state index contributed by atoms with van der Waals surface area (Å²) >= 11 is 0. The smallest absolute Gasteiger partial charge is 0.203 e. The summed E-state index contributed by atoms with van der Waals surface area (Å²) in [6.45, 7) is 13.9. The van der Waals surface area contributed by atoms with Crippen LogP contribution in [0.3, 0.4) is 0 Å². The number of hydrogen-bond acceptors (Lipinski definition) is 1.